The molecule has 0 aliphatic rings. The van der Waals surface area contributed by atoms with Crippen molar-refractivity contribution in [2.24, 2.45) is 0 Å². The van der Waals surface area contributed by atoms with Gasteiger partial charge >= 0.3 is 12.0 Å². The van der Waals surface area contributed by atoms with Crippen molar-refractivity contribution in [1.82, 2.24) is 10.6 Å². The minimum atomic E-state index is -1.04. The summed E-state index contributed by atoms with van der Waals surface area (Å²) in [4.78, 5) is 21.8. The van der Waals surface area contributed by atoms with Crippen LogP contribution in [0, 0.1) is 0 Å². The molecule has 0 bridgehead atoms. The van der Waals surface area contributed by atoms with E-state index in [1.54, 1.807) is 0 Å². The summed E-state index contributed by atoms with van der Waals surface area (Å²) in [6.45, 7) is 7.26. The first-order chi connectivity index (χ1) is 6.78. The SMILES string of the molecule is CCCC(C)(C)NC(=O)NC(C)C(=O)O. The first-order valence-corrected chi connectivity index (χ1v) is 5.10. The number of aliphatic carboxylic acids is 1. The lowest BCUT2D eigenvalue weighted by molar-refractivity contribution is -0.138. The zero-order chi connectivity index (χ0) is 12.1. The van der Waals surface area contributed by atoms with Crippen LogP contribution in [0.5, 0.6) is 0 Å². The number of carbonyl (C=O) groups excluding carboxylic acids is 1. The van der Waals surface area contributed by atoms with Gasteiger partial charge in [0, 0.05) is 5.54 Å². The Morgan fingerprint density at radius 1 is 1.40 bits per heavy atom. The fraction of sp³-hybridized carbons (Fsp3) is 0.800. The van der Waals surface area contributed by atoms with Crippen molar-refractivity contribution >= 4 is 12.0 Å². The van der Waals surface area contributed by atoms with Crippen LogP contribution in [0.4, 0.5) is 4.79 Å². The molecule has 3 N–H and O–H groups in total. The highest BCUT2D eigenvalue weighted by atomic mass is 16.4. The molecule has 0 rings (SSSR count). The van der Waals surface area contributed by atoms with Gasteiger partial charge in [-0.15, -0.1) is 0 Å². The summed E-state index contributed by atoms with van der Waals surface area (Å²) < 4.78 is 0. The largest absolute Gasteiger partial charge is 0.480 e. The van der Waals surface area contributed by atoms with Gasteiger partial charge in [-0.05, 0) is 27.2 Å². The number of urea groups is 1. The van der Waals surface area contributed by atoms with E-state index in [0.717, 1.165) is 12.8 Å². The normalized spacial score (nSPS) is 13.1. The summed E-state index contributed by atoms with van der Waals surface area (Å²) in [6.07, 6.45) is 1.81. The average Bonchev–Trinajstić information content (AvgIpc) is 2.01. The minimum Gasteiger partial charge on any atom is -0.480 e. The number of hydrogen-bond acceptors (Lipinski definition) is 2. The molecule has 0 saturated carbocycles. The molecule has 2 amide bonds. The Balaban J connectivity index is 4.08. The van der Waals surface area contributed by atoms with Crippen LogP contribution < -0.4 is 10.6 Å². The average molecular weight is 216 g/mol. The fourth-order valence-electron chi connectivity index (χ4n) is 1.29. The summed E-state index contributed by atoms with van der Waals surface area (Å²) in [5, 5.41) is 13.7. The Hall–Kier alpha value is -1.26. The molecule has 0 saturated heterocycles. The predicted molar refractivity (Wildman–Crippen MR) is 57.8 cm³/mol. The maximum atomic E-state index is 11.4. The van der Waals surface area contributed by atoms with Crippen LogP contribution in [0.1, 0.15) is 40.5 Å². The van der Waals surface area contributed by atoms with E-state index in [9.17, 15) is 9.59 Å². The van der Waals surface area contributed by atoms with Crippen molar-refractivity contribution in [3.63, 3.8) is 0 Å². The van der Waals surface area contributed by atoms with E-state index < -0.39 is 18.0 Å². The highest BCUT2D eigenvalue weighted by molar-refractivity contribution is 5.82. The molecule has 5 nitrogen and oxygen atoms in total. The fourth-order valence-corrected chi connectivity index (χ4v) is 1.29. The van der Waals surface area contributed by atoms with Crippen molar-refractivity contribution in [2.45, 2.75) is 52.1 Å². The monoisotopic (exact) mass is 216 g/mol. The third-order valence-corrected chi connectivity index (χ3v) is 2.04. The molecule has 0 aromatic carbocycles. The van der Waals surface area contributed by atoms with Crippen molar-refractivity contribution in [2.75, 3.05) is 0 Å². The van der Waals surface area contributed by atoms with E-state index in [2.05, 4.69) is 10.6 Å². The molecule has 0 heterocycles. The molecule has 0 aromatic rings. The van der Waals surface area contributed by atoms with Gasteiger partial charge in [0.2, 0.25) is 0 Å². The highest BCUT2D eigenvalue weighted by Crippen LogP contribution is 2.10. The van der Waals surface area contributed by atoms with E-state index in [-0.39, 0.29) is 5.54 Å². The highest BCUT2D eigenvalue weighted by Gasteiger charge is 2.21. The maximum absolute atomic E-state index is 11.4. The lowest BCUT2D eigenvalue weighted by Crippen LogP contribution is -2.51. The van der Waals surface area contributed by atoms with E-state index in [0.29, 0.717) is 0 Å². The van der Waals surface area contributed by atoms with Crippen LogP contribution in [-0.4, -0.2) is 28.7 Å². The Morgan fingerprint density at radius 3 is 2.33 bits per heavy atom. The van der Waals surface area contributed by atoms with Gasteiger partial charge in [-0.25, -0.2) is 4.79 Å². The zero-order valence-electron chi connectivity index (χ0n) is 9.76. The number of carbonyl (C=O) groups is 2. The summed E-state index contributed by atoms with van der Waals surface area (Å²) in [7, 11) is 0. The lowest BCUT2D eigenvalue weighted by Gasteiger charge is -2.26. The first kappa shape index (κ1) is 13.7. The topological polar surface area (TPSA) is 78.4 Å². The predicted octanol–water partition coefficient (Wildman–Crippen LogP) is 1.34. The number of rotatable bonds is 5. The quantitative estimate of drug-likeness (QED) is 0.649. The molecule has 0 radical (unpaired) electrons. The second-order valence-electron chi connectivity index (χ2n) is 4.29. The minimum absolute atomic E-state index is 0.308. The van der Waals surface area contributed by atoms with Crippen LogP contribution in [0.25, 0.3) is 0 Å². The molecule has 1 unspecified atom stereocenters. The molecular formula is C10H20N2O3. The third-order valence-electron chi connectivity index (χ3n) is 2.04. The number of nitrogens with one attached hydrogen (secondary N) is 2. The van der Waals surface area contributed by atoms with Gasteiger partial charge in [0.1, 0.15) is 6.04 Å². The smallest absolute Gasteiger partial charge is 0.325 e. The van der Waals surface area contributed by atoms with E-state index >= 15 is 0 Å². The Labute approximate surface area is 90.2 Å². The van der Waals surface area contributed by atoms with Crippen LogP contribution in [0.3, 0.4) is 0 Å². The van der Waals surface area contributed by atoms with Crippen LogP contribution in [0.15, 0.2) is 0 Å². The number of carboxylic acids is 1. The van der Waals surface area contributed by atoms with Gasteiger partial charge in [0.15, 0.2) is 0 Å². The summed E-state index contributed by atoms with van der Waals surface area (Å²) >= 11 is 0. The molecule has 1 atom stereocenters. The molecule has 0 aliphatic carbocycles. The summed E-state index contributed by atoms with van der Waals surface area (Å²) in [6, 6.07) is -1.31. The molecule has 5 heteroatoms. The second kappa shape index (κ2) is 5.58. The molecule has 0 aliphatic heterocycles. The van der Waals surface area contributed by atoms with Gasteiger partial charge in [0.25, 0.3) is 0 Å². The standard InChI is InChI=1S/C10H20N2O3/c1-5-6-10(3,4)12-9(15)11-7(2)8(13)14/h7H,5-6H2,1-4H3,(H,13,14)(H2,11,12,15). The molecule has 0 fully saturated rings. The lowest BCUT2D eigenvalue weighted by atomic mass is 9.99. The molecule has 0 aromatic heterocycles. The van der Waals surface area contributed by atoms with Crippen molar-refractivity contribution in [1.29, 1.82) is 0 Å². The van der Waals surface area contributed by atoms with Gasteiger partial charge in [0.05, 0.1) is 0 Å². The molecule has 88 valence electrons. The Kier molecular flexibility index (Phi) is 5.11. The van der Waals surface area contributed by atoms with Gasteiger partial charge in [-0.2, -0.15) is 0 Å². The van der Waals surface area contributed by atoms with Crippen molar-refractivity contribution in [3.8, 4) is 0 Å². The Bertz CT molecular complexity index is 239. The molecule has 15 heavy (non-hydrogen) atoms. The Morgan fingerprint density at radius 2 is 1.93 bits per heavy atom. The molecule has 0 spiro atoms. The van der Waals surface area contributed by atoms with Crippen LogP contribution >= 0.6 is 0 Å². The third kappa shape index (κ3) is 5.93. The second-order valence-corrected chi connectivity index (χ2v) is 4.29. The van der Waals surface area contributed by atoms with Gasteiger partial charge in [-0.1, -0.05) is 13.3 Å². The molecular weight excluding hydrogens is 196 g/mol. The first-order valence-electron chi connectivity index (χ1n) is 5.10. The summed E-state index contributed by atoms with van der Waals surface area (Å²) in [5.41, 5.74) is -0.308. The summed E-state index contributed by atoms with van der Waals surface area (Å²) in [5.74, 6) is -1.04. The van der Waals surface area contributed by atoms with E-state index in [4.69, 9.17) is 5.11 Å². The van der Waals surface area contributed by atoms with Gasteiger partial charge in [-0.3, -0.25) is 4.79 Å². The number of carboxylic acid groups (broad SMARTS) is 1. The number of amides is 2. The van der Waals surface area contributed by atoms with E-state index in [1.807, 2.05) is 20.8 Å². The van der Waals surface area contributed by atoms with E-state index in [1.165, 1.54) is 6.92 Å². The van der Waals surface area contributed by atoms with Gasteiger partial charge < -0.3 is 15.7 Å². The number of hydrogen-bond donors (Lipinski definition) is 3. The zero-order valence-corrected chi connectivity index (χ0v) is 9.76. The maximum Gasteiger partial charge on any atom is 0.325 e. The van der Waals surface area contributed by atoms with Crippen molar-refractivity contribution in [3.05, 3.63) is 0 Å². The van der Waals surface area contributed by atoms with Crippen LogP contribution in [0.2, 0.25) is 0 Å². The van der Waals surface area contributed by atoms with Crippen LogP contribution in [-0.2, 0) is 4.79 Å². The van der Waals surface area contributed by atoms with Crippen molar-refractivity contribution < 1.29 is 14.7 Å².